The number of sulfone groups is 1. The molecule has 0 heterocycles. The van der Waals surface area contributed by atoms with Crippen molar-refractivity contribution in [1.82, 2.24) is 5.32 Å². The van der Waals surface area contributed by atoms with E-state index in [1.165, 1.54) is 0 Å². The van der Waals surface area contributed by atoms with E-state index in [4.69, 9.17) is 0 Å². The summed E-state index contributed by atoms with van der Waals surface area (Å²) in [6, 6.07) is 7.68. The van der Waals surface area contributed by atoms with Gasteiger partial charge in [-0.05, 0) is 31.0 Å². The van der Waals surface area contributed by atoms with Gasteiger partial charge in [-0.25, -0.2) is 8.42 Å². The highest BCUT2D eigenvalue weighted by atomic mass is 32.2. The van der Waals surface area contributed by atoms with Crippen molar-refractivity contribution < 1.29 is 8.42 Å². The molecule has 0 amide bonds. The number of hydrogen-bond donors (Lipinski definition) is 1. The lowest BCUT2D eigenvalue weighted by atomic mass is 9.83. The molecule has 3 nitrogen and oxygen atoms in total. The third-order valence-electron chi connectivity index (χ3n) is 3.78. The van der Waals surface area contributed by atoms with Gasteiger partial charge >= 0.3 is 0 Å². The fourth-order valence-corrected chi connectivity index (χ4v) is 4.01. The van der Waals surface area contributed by atoms with E-state index in [0.29, 0.717) is 10.8 Å². The minimum absolute atomic E-state index is 0.143. The predicted molar refractivity (Wildman–Crippen MR) is 84.9 cm³/mol. The van der Waals surface area contributed by atoms with Crippen LogP contribution in [0.5, 0.6) is 0 Å². The van der Waals surface area contributed by atoms with Crippen molar-refractivity contribution in [3.8, 4) is 0 Å². The van der Waals surface area contributed by atoms with Gasteiger partial charge in [-0.15, -0.1) is 0 Å². The van der Waals surface area contributed by atoms with Gasteiger partial charge in [-0.3, -0.25) is 0 Å². The van der Waals surface area contributed by atoms with Crippen LogP contribution in [-0.2, 0) is 9.84 Å². The van der Waals surface area contributed by atoms with Crippen LogP contribution in [-0.4, -0.2) is 26.8 Å². The number of benzene rings is 1. The molecular weight excluding hydrogens is 270 g/mol. The summed E-state index contributed by atoms with van der Waals surface area (Å²) in [6.07, 6.45) is 0. The van der Waals surface area contributed by atoms with Crippen molar-refractivity contribution in [2.75, 3.05) is 12.3 Å². The molecule has 20 heavy (non-hydrogen) atoms. The number of nitrogens with one attached hydrogen (secondary N) is 1. The minimum atomic E-state index is -3.18. The zero-order valence-corrected chi connectivity index (χ0v) is 14.0. The fourth-order valence-electron chi connectivity index (χ4n) is 2.85. The van der Waals surface area contributed by atoms with Crippen molar-refractivity contribution in [3.05, 3.63) is 29.8 Å². The Kier molecular flexibility index (Phi) is 6.21. The van der Waals surface area contributed by atoms with Crippen LogP contribution in [0.25, 0.3) is 0 Å². The van der Waals surface area contributed by atoms with Crippen molar-refractivity contribution in [3.63, 3.8) is 0 Å². The van der Waals surface area contributed by atoms with E-state index in [2.05, 4.69) is 33.0 Å². The van der Waals surface area contributed by atoms with Crippen molar-refractivity contribution in [2.45, 2.75) is 51.5 Å². The summed E-state index contributed by atoms with van der Waals surface area (Å²) >= 11 is 0. The second-order valence-electron chi connectivity index (χ2n) is 5.56. The maximum absolute atomic E-state index is 12.3. The first-order chi connectivity index (χ1) is 9.35. The van der Waals surface area contributed by atoms with Gasteiger partial charge in [-0.2, -0.15) is 0 Å². The topological polar surface area (TPSA) is 46.2 Å². The molecular formula is C16H27NO2S. The molecule has 0 aromatic heterocycles. The summed E-state index contributed by atoms with van der Waals surface area (Å²) in [5.41, 5.74) is 0.942. The lowest BCUT2D eigenvalue weighted by molar-refractivity contribution is 0.378. The highest BCUT2D eigenvalue weighted by Gasteiger charge is 2.27. The average molecular weight is 297 g/mol. The number of likely N-dealkylation sites (N-methyl/N-ethyl adjacent to an activating group) is 1. The lowest BCUT2D eigenvalue weighted by Crippen LogP contribution is -2.35. The normalized spacial score (nSPS) is 15.3. The van der Waals surface area contributed by atoms with Crippen LogP contribution in [0.2, 0.25) is 0 Å². The molecule has 1 aromatic rings. The Morgan fingerprint density at radius 2 is 1.70 bits per heavy atom. The smallest absolute Gasteiger partial charge is 0.178 e. The van der Waals surface area contributed by atoms with Gasteiger partial charge in [0.2, 0.25) is 0 Å². The summed E-state index contributed by atoms with van der Waals surface area (Å²) in [5, 5.41) is 3.43. The van der Waals surface area contributed by atoms with Gasteiger partial charge in [0.15, 0.2) is 9.84 Å². The molecule has 1 aromatic carbocycles. The molecule has 0 radical (unpaired) electrons. The van der Waals surface area contributed by atoms with Crippen molar-refractivity contribution >= 4 is 9.84 Å². The molecule has 0 spiro atoms. The van der Waals surface area contributed by atoms with Crippen molar-refractivity contribution in [1.29, 1.82) is 0 Å². The molecule has 0 saturated heterocycles. The third-order valence-corrected chi connectivity index (χ3v) is 5.58. The van der Waals surface area contributed by atoms with Crippen LogP contribution < -0.4 is 5.32 Å². The maximum Gasteiger partial charge on any atom is 0.178 e. The van der Waals surface area contributed by atoms with E-state index < -0.39 is 9.84 Å². The van der Waals surface area contributed by atoms with E-state index in [0.717, 1.165) is 12.1 Å². The van der Waals surface area contributed by atoms with E-state index in [9.17, 15) is 8.42 Å². The zero-order chi connectivity index (χ0) is 15.3. The van der Waals surface area contributed by atoms with Crippen LogP contribution in [0.1, 0.15) is 46.1 Å². The molecule has 0 bridgehead atoms. The second kappa shape index (κ2) is 7.23. The SMILES string of the molecule is CCNC(C)C(c1ccccc1S(=O)(=O)CC)C(C)C. The van der Waals surface area contributed by atoms with Gasteiger partial charge in [0.1, 0.15) is 0 Å². The molecule has 1 N–H and O–H groups in total. The molecule has 4 heteroatoms. The Morgan fingerprint density at radius 3 is 2.20 bits per heavy atom. The molecule has 2 unspecified atom stereocenters. The Balaban J connectivity index is 3.35. The summed E-state index contributed by atoms with van der Waals surface area (Å²) in [5.74, 6) is 0.703. The van der Waals surface area contributed by atoms with Gasteiger partial charge in [0.25, 0.3) is 0 Å². The summed E-state index contributed by atoms with van der Waals surface area (Å²) in [4.78, 5) is 0.492. The van der Waals surface area contributed by atoms with Crippen molar-refractivity contribution in [2.24, 2.45) is 5.92 Å². The predicted octanol–water partition coefficient (Wildman–Crippen LogP) is 3.22. The second-order valence-corrected chi connectivity index (χ2v) is 7.80. The van der Waals surface area contributed by atoms with Crippen LogP contribution >= 0.6 is 0 Å². The van der Waals surface area contributed by atoms with Crippen LogP contribution in [0.3, 0.4) is 0 Å². The Morgan fingerprint density at radius 1 is 1.10 bits per heavy atom. The minimum Gasteiger partial charge on any atom is -0.314 e. The first-order valence-electron chi connectivity index (χ1n) is 7.40. The number of rotatable bonds is 7. The Bertz CT molecular complexity index is 523. The standard InChI is InChI=1S/C16H27NO2S/c1-6-17-13(5)16(12(3)4)14-10-8-9-11-15(14)20(18,19)7-2/h8-13,16-17H,6-7H2,1-5H3. The summed E-state index contributed by atoms with van der Waals surface area (Å²) < 4.78 is 24.6. The molecule has 2 atom stereocenters. The molecule has 0 aliphatic heterocycles. The first kappa shape index (κ1) is 17.2. The Hall–Kier alpha value is -0.870. The molecule has 1 rings (SSSR count). The van der Waals surface area contributed by atoms with E-state index in [-0.39, 0.29) is 17.7 Å². The molecule has 0 aliphatic carbocycles. The average Bonchev–Trinajstić information content (AvgIpc) is 2.39. The fraction of sp³-hybridized carbons (Fsp3) is 0.625. The van der Waals surface area contributed by atoms with Gasteiger partial charge < -0.3 is 5.32 Å². The third kappa shape index (κ3) is 3.83. The van der Waals surface area contributed by atoms with E-state index in [1.54, 1.807) is 19.1 Å². The zero-order valence-electron chi connectivity index (χ0n) is 13.2. The van der Waals surface area contributed by atoms with Gasteiger partial charge in [0.05, 0.1) is 10.6 Å². The molecule has 0 fully saturated rings. The molecule has 0 saturated carbocycles. The largest absolute Gasteiger partial charge is 0.314 e. The Labute approximate surface area is 123 Å². The summed E-state index contributed by atoms with van der Waals surface area (Å²) in [7, 11) is -3.18. The van der Waals surface area contributed by atoms with Gasteiger partial charge in [0, 0.05) is 12.0 Å². The quantitative estimate of drug-likeness (QED) is 0.840. The lowest BCUT2D eigenvalue weighted by Gasteiger charge is -2.30. The molecule has 0 aliphatic rings. The van der Waals surface area contributed by atoms with Crippen LogP contribution in [0.4, 0.5) is 0 Å². The first-order valence-corrected chi connectivity index (χ1v) is 9.05. The summed E-state index contributed by atoms with van der Waals surface area (Å²) in [6.45, 7) is 11.1. The highest BCUT2D eigenvalue weighted by molar-refractivity contribution is 7.91. The van der Waals surface area contributed by atoms with E-state index >= 15 is 0 Å². The van der Waals surface area contributed by atoms with Crippen LogP contribution in [0, 0.1) is 5.92 Å². The highest BCUT2D eigenvalue weighted by Crippen LogP contribution is 2.33. The van der Waals surface area contributed by atoms with E-state index in [1.807, 2.05) is 12.1 Å². The number of hydrogen-bond acceptors (Lipinski definition) is 3. The molecule has 114 valence electrons. The van der Waals surface area contributed by atoms with Gasteiger partial charge in [-0.1, -0.05) is 45.9 Å². The van der Waals surface area contributed by atoms with Crippen LogP contribution in [0.15, 0.2) is 29.2 Å². The maximum atomic E-state index is 12.3. The monoisotopic (exact) mass is 297 g/mol.